The van der Waals surface area contributed by atoms with Gasteiger partial charge in [-0.15, -0.1) is 0 Å². The van der Waals surface area contributed by atoms with Crippen LogP contribution in [-0.2, 0) is 9.47 Å². The molecular formula is C19H16ClFN4O4. The number of anilines is 1. The molecule has 0 radical (unpaired) electrons. The number of halogens is 2. The van der Waals surface area contributed by atoms with Gasteiger partial charge in [0.15, 0.2) is 17.3 Å². The third-order valence-electron chi connectivity index (χ3n) is 4.52. The first-order valence-corrected chi connectivity index (χ1v) is 9.14. The summed E-state index contributed by atoms with van der Waals surface area (Å²) in [5.41, 5.74) is 0.633. The molecule has 8 nitrogen and oxygen atoms in total. The fourth-order valence-electron chi connectivity index (χ4n) is 3.06. The van der Waals surface area contributed by atoms with E-state index in [1.807, 2.05) is 4.90 Å². The van der Waals surface area contributed by atoms with Gasteiger partial charge in [0.1, 0.15) is 16.7 Å². The number of rotatable bonds is 3. The van der Waals surface area contributed by atoms with Crippen molar-refractivity contribution in [2.45, 2.75) is 0 Å². The van der Waals surface area contributed by atoms with Gasteiger partial charge in [-0.3, -0.25) is 0 Å². The minimum Gasteiger partial charge on any atom is -0.504 e. The molecule has 0 atom stereocenters. The number of carbonyl (C=O) groups excluding carboxylic acids is 1. The maximum Gasteiger partial charge on any atom is 0.356 e. The van der Waals surface area contributed by atoms with Gasteiger partial charge in [-0.25, -0.2) is 24.1 Å². The van der Waals surface area contributed by atoms with Crippen molar-refractivity contribution < 1.29 is 23.8 Å². The number of aromatic hydroxyl groups is 1. The van der Waals surface area contributed by atoms with E-state index in [1.165, 1.54) is 25.3 Å². The Balaban J connectivity index is 2.01. The largest absolute Gasteiger partial charge is 0.504 e. The number of para-hydroxylation sites is 1. The third kappa shape index (κ3) is 3.54. The van der Waals surface area contributed by atoms with Crippen molar-refractivity contribution in [3.63, 3.8) is 0 Å². The fraction of sp³-hybridized carbons (Fsp3) is 0.263. The number of hydrogen-bond acceptors (Lipinski definition) is 8. The average Bonchev–Trinajstić information content (AvgIpc) is 2.75. The maximum absolute atomic E-state index is 14.0. The number of hydrogen-bond donors (Lipinski definition) is 1. The molecule has 0 saturated carbocycles. The highest BCUT2D eigenvalue weighted by molar-refractivity contribution is 6.35. The summed E-state index contributed by atoms with van der Waals surface area (Å²) in [5, 5.41) is 10.4. The van der Waals surface area contributed by atoms with E-state index < -0.39 is 17.5 Å². The number of carbonyl (C=O) groups is 1. The molecule has 29 heavy (non-hydrogen) atoms. The molecule has 1 N–H and O–H groups in total. The molecule has 4 rings (SSSR count). The number of morpholine rings is 1. The summed E-state index contributed by atoms with van der Waals surface area (Å²) in [6.07, 6.45) is 0. The van der Waals surface area contributed by atoms with Crippen LogP contribution in [0.25, 0.3) is 22.3 Å². The monoisotopic (exact) mass is 418 g/mol. The van der Waals surface area contributed by atoms with Gasteiger partial charge >= 0.3 is 5.97 Å². The number of fused-ring (bicyclic) bond motifs is 1. The van der Waals surface area contributed by atoms with Gasteiger partial charge in [0.2, 0.25) is 5.95 Å². The predicted molar refractivity (Wildman–Crippen MR) is 104 cm³/mol. The summed E-state index contributed by atoms with van der Waals surface area (Å²) in [5.74, 6) is -1.74. The van der Waals surface area contributed by atoms with Crippen LogP contribution in [0.15, 0.2) is 24.3 Å². The van der Waals surface area contributed by atoms with Gasteiger partial charge in [0.25, 0.3) is 0 Å². The highest BCUT2D eigenvalue weighted by Gasteiger charge is 2.23. The van der Waals surface area contributed by atoms with Crippen molar-refractivity contribution in [2.75, 3.05) is 38.3 Å². The van der Waals surface area contributed by atoms with Crippen molar-refractivity contribution in [3.8, 4) is 17.0 Å². The number of phenols is 1. The Hall–Kier alpha value is -3.04. The summed E-state index contributed by atoms with van der Waals surface area (Å²) >= 11 is 6.39. The zero-order valence-electron chi connectivity index (χ0n) is 15.4. The molecule has 1 aliphatic heterocycles. The molecule has 1 saturated heterocycles. The topological polar surface area (TPSA) is 97.7 Å². The Kier molecular flexibility index (Phi) is 5.16. The molecule has 2 aromatic heterocycles. The molecule has 3 heterocycles. The lowest BCUT2D eigenvalue weighted by atomic mass is 10.1. The van der Waals surface area contributed by atoms with Gasteiger partial charge in [-0.2, -0.15) is 0 Å². The highest BCUT2D eigenvalue weighted by atomic mass is 35.5. The Labute approximate surface area is 169 Å². The van der Waals surface area contributed by atoms with E-state index in [1.54, 1.807) is 0 Å². The van der Waals surface area contributed by atoms with Crippen LogP contribution < -0.4 is 4.90 Å². The molecular weight excluding hydrogens is 403 g/mol. The molecule has 0 bridgehead atoms. The second-order valence-electron chi connectivity index (χ2n) is 6.29. The van der Waals surface area contributed by atoms with Crippen LogP contribution in [0.2, 0.25) is 5.02 Å². The smallest absolute Gasteiger partial charge is 0.356 e. The molecule has 1 fully saturated rings. The summed E-state index contributed by atoms with van der Waals surface area (Å²) in [4.78, 5) is 27.2. The van der Waals surface area contributed by atoms with Crippen LogP contribution in [0.5, 0.6) is 5.75 Å². The second kappa shape index (κ2) is 7.76. The SMILES string of the molecule is COC(=O)c1cc(Cl)c2nc(N3CCOCC3)nc(-c3cccc(F)c3O)c2n1. The lowest BCUT2D eigenvalue weighted by molar-refractivity contribution is 0.0594. The normalized spacial score (nSPS) is 14.2. The van der Waals surface area contributed by atoms with Crippen LogP contribution >= 0.6 is 11.6 Å². The first-order chi connectivity index (χ1) is 14.0. The van der Waals surface area contributed by atoms with Gasteiger partial charge < -0.3 is 19.5 Å². The van der Waals surface area contributed by atoms with E-state index in [4.69, 9.17) is 21.1 Å². The van der Waals surface area contributed by atoms with Crippen molar-refractivity contribution in [2.24, 2.45) is 0 Å². The molecule has 0 unspecified atom stereocenters. The zero-order chi connectivity index (χ0) is 20.5. The third-order valence-corrected chi connectivity index (χ3v) is 4.81. The highest BCUT2D eigenvalue weighted by Crippen LogP contribution is 2.36. The van der Waals surface area contributed by atoms with Crippen LogP contribution in [0.4, 0.5) is 10.3 Å². The Bertz CT molecular complexity index is 1110. The molecule has 0 aliphatic carbocycles. The number of methoxy groups -OCH3 is 1. The van der Waals surface area contributed by atoms with E-state index in [9.17, 15) is 14.3 Å². The van der Waals surface area contributed by atoms with E-state index >= 15 is 0 Å². The Morgan fingerprint density at radius 1 is 1.24 bits per heavy atom. The number of aromatic nitrogens is 3. The molecule has 10 heteroatoms. The van der Waals surface area contributed by atoms with Crippen LogP contribution in [0.1, 0.15) is 10.5 Å². The lowest BCUT2D eigenvalue weighted by Gasteiger charge is -2.27. The van der Waals surface area contributed by atoms with Crippen LogP contribution in [-0.4, -0.2) is 59.4 Å². The molecule has 150 valence electrons. The number of nitrogens with zero attached hydrogens (tertiary/aromatic N) is 4. The minimum absolute atomic E-state index is 0.0511. The van der Waals surface area contributed by atoms with E-state index in [0.717, 1.165) is 6.07 Å². The quantitative estimate of drug-likeness (QED) is 0.648. The molecule has 3 aromatic rings. The van der Waals surface area contributed by atoms with E-state index in [-0.39, 0.29) is 33.0 Å². The molecule has 0 spiro atoms. The van der Waals surface area contributed by atoms with Crippen molar-refractivity contribution in [1.29, 1.82) is 0 Å². The van der Waals surface area contributed by atoms with Gasteiger partial charge in [0.05, 0.1) is 25.3 Å². The first kappa shape index (κ1) is 19.3. The molecule has 1 aliphatic rings. The van der Waals surface area contributed by atoms with Crippen molar-refractivity contribution in [1.82, 2.24) is 15.0 Å². The van der Waals surface area contributed by atoms with Gasteiger partial charge in [-0.1, -0.05) is 17.7 Å². The second-order valence-corrected chi connectivity index (χ2v) is 6.69. The van der Waals surface area contributed by atoms with E-state index in [0.29, 0.717) is 32.3 Å². The Morgan fingerprint density at radius 2 is 2.00 bits per heavy atom. The number of benzene rings is 1. The number of pyridine rings is 1. The summed E-state index contributed by atoms with van der Waals surface area (Å²) < 4.78 is 24.1. The van der Waals surface area contributed by atoms with Crippen LogP contribution in [0, 0.1) is 5.82 Å². The number of phenolic OH excluding ortho intramolecular Hbond substituents is 1. The Morgan fingerprint density at radius 3 is 2.72 bits per heavy atom. The van der Waals surface area contributed by atoms with Gasteiger partial charge in [-0.05, 0) is 18.2 Å². The fourth-order valence-corrected chi connectivity index (χ4v) is 3.30. The number of esters is 1. The summed E-state index contributed by atoms with van der Waals surface area (Å²) in [6.45, 7) is 2.14. The molecule has 0 amide bonds. The summed E-state index contributed by atoms with van der Waals surface area (Å²) in [6, 6.07) is 5.43. The summed E-state index contributed by atoms with van der Waals surface area (Å²) in [7, 11) is 1.22. The number of ether oxygens (including phenoxy) is 2. The van der Waals surface area contributed by atoms with Crippen molar-refractivity contribution in [3.05, 3.63) is 40.8 Å². The minimum atomic E-state index is -0.808. The predicted octanol–water partition coefficient (Wildman–Crippen LogP) is 2.81. The first-order valence-electron chi connectivity index (χ1n) is 8.76. The standard InChI is InChI=1S/C19H16ClFN4O4/c1-28-18(27)13-9-11(20)15-16(22-13)14(10-3-2-4-12(21)17(10)26)23-19(24-15)25-5-7-29-8-6-25/h2-4,9,26H,5-8H2,1H3. The molecule has 1 aromatic carbocycles. The van der Waals surface area contributed by atoms with Crippen LogP contribution in [0.3, 0.4) is 0 Å². The maximum atomic E-state index is 14.0. The van der Waals surface area contributed by atoms with Crippen molar-refractivity contribution >= 4 is 34.6 Å². The zero-order valence-corrected chi connectivity index (χ0v) is 16.1. The average molecular weight is 419 g/mol. The van der Waals surface area contributed by atoms with E-state index in [2.05, 4.69) is 15.0 Å². The van der Waals surface area contributed by atoms with Gasteiger partial charge in [0, 0.05) is 18.7 Å². The lowest BCUT2D eigenvalue weighted by Crippen LogP contribution is -2.37.